The lowest BCUT2D eigenvalue weighted by Crippen LogP contribution is -2.48. The van der Waals surface area contributed by atoms with Gasteiger partial charge in [-0.05, 0) is 20.8 Å². The van der Waals surface area contributed by atoms with Gasteiger partial charge in [-0.15, -0.1) is 0 Å². The van der Waals surface area contributed by atoms with Crippen molar-refractivity contribution < 1.29 is 14.3 Å². The first kappa shape index (κ1) is 14.4. The number of carbonyl (C=O) groups excluding carboxylic acids is 1. The maximum atomic E-state index is 12.0. The fraction of sp³-hybridized carbons (Fsp3) is 0.917. The van der Waals surface area contributed by atoms with Crippen LogP contribution >= 0.6 is 0 Å². The molecule has 1 N–H and O–H groups in total. The molecule has 0 aliphatic carbocycles. The molecule has 1 heterocycles. The fourth-order valence-corrected chi connectivity index (χ4v) is 1.86. The first-order chi connectivity index (χ1) is 8.19. The van der Waals surface area contributed by atoms with E-state index in [1.165, 1.54) is 0 Å². The number of nitrogens with zero attached hydrogens (tertiary/aromatic N) is 1. The van der Waals surface area contributed by atoms with E-state index in [1.54, 1.807) is 0 Å². The molecule has 0 aromatic heterocycles. The number of hydrogen-bond donors (Lipinski definition) is 1. The molecule has 0 aromatic rings. The molecule has 0 aromatic carbocycles. The van der Waals surface area contributed by atoms with Crippen molar-refractivity contribution in [2.45, 2.75) is 32.9 Å². The first-order valence-corrected chi connectivity index (χ1v) is 6.40. The van der Waals surface area contributed by atoms with E-state index in [0.29, 0.717) is 26.4 Å². The Bertz CT molecular complexity index is 226. The molecule has 5 heteroatoms. The van der Waals surface area contributed by atoms with Crippen molar-refractivity contribution in [1.82, 2.24) is 10.2 Å². The number of hydrogen-bond acceptors (Lipinski definition) is 4. The molecule has 0 saturated carbocycles. The predicted octanol–water partition coefficient (Wildman–Crippen LogP) is 0.248. The van der Waals surface area contributed by atoms with Gasteiger partial charge in [0.2, 0.25) is 5.91 Å². The SMILES string of the molecule is CCN(CC)C(=O)C(C)NCC1COCCO1. The molecular weight excluding hydrogens is 220 g/mol. The maximum Gasteiger partial charge on any atom is 0.239 e. The molecule has 2 unspecified atom stereocenters. The monoisotopic (exact) mass is 244 g/mol. The Labute approximate surface area is 103 Å². The largest absolute Gasteiger partial charge is 0.376 e. The van der Waals surface area contributed by atoms with Gasteiger partial charge in [-0.25, -0.2) is 0 Å². The van der Waals surface area contributed by atoms with Crippen molar-refractivity contribution in [2.75, 3.05) is 39.5 Å². The Balaban J connectivity index is 2.27. The van der Waals surface area contributed by atoms with Gasteiger partial charge in [0.25, 0.3) is 0 Å². The van der Waals surface area contributed by atoms with Gasteiger partial charge in [-0.1, -0.05) is 0 Å². The zero-order chi connectivity index (χ0) is 12.7. The molecular formula is C12H24N2O3. The van der Waals surface area contributed by atoms with Crippen LogP contribution < -0.4 is 5.32 Å². The Morgan fingerprint density at radius 1 is 1.41 bits per heavy atom. The van der Waals surface area contributed by atoms with Gasteiger partial charge in [0.1, 0.15) is 0 Å². The minimum atomic E-state index is -0.166. The molecule has 1 saturated heterocycles. The van der Waals surface area contributed by atoms with Crippen LogP contribution in [0.1, 0.15) is 20.8 Å². The standard InChI is InChI=1S/C12H24N2O3/c1-4-14(5-2)12(15)10(3)13-8-11-9-16-6-7-17-11/h10-11,13H,4-9H2,1-3H3. The van der Waals surface area contributed by atoms with Crippen molar-refractivity contribution >= 4 is 5.91 Å². The van der Waals surface area contributed by atoms with Crippen LogP contribution in [0.25, 0.3) is 0 Å². The van der Waals surface area contributed by atoms with Gasteiger partial charge in [-0.3, -0.25) is 4.79 Å². The molecule has 1 fully saturated rings. The number of nitrogens with one attached hydrogen (secondary N) is 1. The van der Waals surface area contributed by atoms with Gasteiger partial charge in [0, 0.05) is 19.6 Å². The summed E-state index contributed by atoms with van der Waals surface area (Å²) in [4.78, 5) is 13.8. The van der Waals surface area contributed by atoms with Gasteiger partial charge < -0.3 is 19.7 Å². The molecule has 100 valence electrons. The highest BCUT2D eigenvalue weighted by atomic mass is 16.6. The lowest BCUT2D eigenvalue weighted by Gasteiger charge is -2.27. The minimum absolute atomic E-state index is 0.0655. The van der Waals surface area contributed by atoms with Crippen LogP contribution in [0, 0.1) is 0 Å². The van der Waals surface area contributed by atoms with Gasteiger partial charge in [0.15, 0.2) is 0 Å². The lowest BCUT2D eigenvalue weighted by atomic mass is 10.2. The third kappa shape index (κ3) is 4.61. The molecule has 17 heavy (non-hydrogen) atoms. The summed E-state index contributed by atoms with van der Waals surface area (Å²) < 4.78 is 10.8. The highest BCUT2D eigenvalue weighted by molar-refractivity contribution is 5.81. The van der Waals surface area contributed by atoms with Crippen molar-refractivity contribution in [2.24, 2.45) is 0 Å². The van der Waals surface area contributed by atoms with Crippen molar-refractivity contribution in [3.63, 3.8) is 0 Å². The normalized spacial score (nSPS) is 22.2. The zero-order valence-corrected chi connectivity index (χ0v) is 11.1. The average molecular weight is 244 g/mol. The van der Waals surface area contributed by atoms with Gasteiger partial charge >= 0.3 is 0 Å². The second kappa shape index (κ2) is 7.63. The van der Waals surface area contributed by atoms with E-state index in [4.69, 9.17) is 9.47 Å². The van der Waals surface area contributed by atoms with Crippen LogP contribution in [-0.2, 0) is 14.3 Å². The van der Waals surface area contributed by atoms with Crippen LogP contribution in [0.3, 0.4) is 0 Å². The molecule has 0 bridgehead atoms. The third-order valence-corrected chi connectivity index (χ3v) is 2.98. The van der Waals surface area contributed by atoms with Crippen LogP contribution in [0.5, 0.6) is 0 Å². The van der Waals surface area contributed by atoms with E-state index < -0.39 is 0 Å². The Morgan fingerprint density at radius 3 is 2.65 bits per heavy atom. The third-order valence-electron chi connectivity index (χ3n) is 2.98. The zero-order valence-electron chi connectivity index (χ0n) is 11.1. The molecule has 1 aliphatic rings. The number of carbonyl (C=O) groups is 1. The van der Waals surface area contributed by atoms with E-state index in [1.807, 2.05) is 25.7 Å². The quantitative estimate of drug-likeness (QED) is 0.727. The molecule has 0 radical (unpaired) electrons. The molecule has 0 spiro atoms. The Kier molecular flexibility index (Phi) is 6.47. The highest BCUT2D eigenvalue weighted by Gasteiger charge is 2.20. The van der Waals surface area contributed by atoms with E-state index in [9.17, 15) is 4.79 Å². The number of rotatable bonds is 6. The molecule has 5 nitrogen and oxygen atoms in total. The van der Waals surface area contributed by atoms with Crippen molar-refractivity contribution in [3.05, 3.63) is 0 Å². The summed E-state index contributed by atoms with van der Waals surface area (Å²) in [5.74, 6) is 0.145. The minimum Gasteiger partial charge on any atom is -0.376 e. The number of ether oxygens (including phenoxy) is 2. The second-order valence-electron chi connectivity index (χ2n) is 4.21. The smallest absolute Gasteiger partial charge is 0.239 e. The van der Waals surface area contributed by atoms with Crippen molar-refractivity contribution in [1.29, 1.82) is 0 Å². The van der Waals surface area contributed by atoms with Gasteiger partial charge in [0.05, 0.1) is 32.0 Å². The Hall–Kier alpha value is -0.650. The summed E-state index contributed by atoms with van der Waals surface area (Å²) in [5.41, 5.74) is 0. The second-order valence-corrected chi connectivity index (χ2v) is 4.21. The summed E-state index contributed by atoms with van der Waals surface area (Å²) in [6.07, 6.45) is 0.0655. The van der Waals surface area contributed by atoms with Crippen LogP contribution in [0.15, 0.2) is 0 Å². The first-order valence-electron chi connectivity index (χ1n) is 6.40. The van der Waals surface area contributed by atoms with E-state index in [-0.39, 0.29) is 18.1 Å². The lowest BCUT2D eigenvalue weighted by molar-refractivity contribution is -0.133. The topological polar surface area (TPSA) is 50.8 Å². The predicted molar refractivity (Wildman–Crippen MR) is 66.0 cm³/mol. The van der Waals surface area contributed by atoms with E-state index >= 15 is 0 Å². The molecule has 1 rings (SSSR count). The maximum absolute atomic E-state index is 12.0. The van der Waals surface area contributed by atoms with E-state index in [0.717, 1.165) is 13.1 Å². The van der Waals surface area contributed by atoms with Crippen LogP contribution in [0.4, 0.5) is 0 Å². The van der Waals surface area contributed by atoms with Crippen LogP contribution in [-0.4, -0.2) is 62.4 Å². The number of amides is 1. The van der Waals surface area contributed by atoms with Crippen molar-refractivity contribution in [3.8, 4) is 0 Å². The Morgan fingerprint density at radius 2 is 2.12 bits per heavy atom. The fourth-order valence-electron chi connectivity index (χ4n) is 1.86. The summed E-state index contributed by atoms with van der Waals surface area (Å²) in [6, 6.07) is -0.166. The highest BCUT2D eigenvalue weighted by Crippen LogP contribution is 2.01. The van der Waals surface area contributed by atoms with Gasteiger partial charge in [-0.2, -0.15) is 0 Å². The molecule has 2 atom stereocenters. The summed E-state index contributed by atoms with van der Waals surface area (Å²) in [5, 5.41) is 3.20. The summed E-state index contributed by atoms with van der Waals surface area (Å²) in [7, 11) is 0. The summed E-state index contributed by atoms with van der Waals surface area (Å²) >= 11 is 0. The molecule has 1 aliphatic heterocycles. The van der Waals surface area contributed by atoms with Crippen LogP contribution in [0.2, 0.25) is 0 Å². The summed E-state index contributed by atoms with van der Waals surface area (Å²) in [6.45, 7) is 9.97. The number of likely N-dealkylation sites (N-methyl/N-ethyl adjacent to an activating group) is 1. The van der Waals surface area contributed by atoms with E-state index in [2.05, 4.69) is 5.32 Å². The average Bonchev–Trinajstić information content (AvgIpc) is 2.38. The molecule has 1 amide bonds.